The predicted octanol–water partition coefficient (Wildman–Crippen LogP) is 16.5. The summed E-state index contributed by atoms with van der Waals surface area (Å²) in [6, 6.07) is 78.0. The van der Waals surface area contributed by atoms with Gasteiger partial charge in [0.15, 0.2) is 5.58 Å². The summed E-state index contributed by atoms with van der Waals surface area (Å²) >= 11 is 0. The van der Waals surface area contributed by atoms with Crippen molar-refractivity contribution >= 4 is 93.5 Å². The van der Waals surface area contributed by atoms with Crippen LogP contribution in [0.15, 0.2) is 227 Å². The molecular formula is C58H36N2O2. The van der Waals surface area contributed by atoms with Gasteiger partial charge in [0.2, 0.25) is 0 Å². The van der Waals surface area contributed by atoms with Crippen molar-refractivity contribution in [1.82, 2.24) is 4.57 Å². The molecule has 0 saturated carbocycles. The van der Waals surface area contributed by atoms with Crippen molar-refractivity contribution in [3.05, 3.63) is 218 Å². The molecule has 13 rings (SSSR count). The lowest BCUT2D eigenvalue weighted by atomic mass is 10.0. The standard InChI is InChI=1S/C58H36N2O2/c1-2-14-43-38(12-1)13-9-22-51(43)59(42-33-28-39(29-34-42)44-18-10-19-48-46-16-4-7-24-55(46)61-57(44)48)41-31-26-37(27-32-41)40-30-35-53-50(36-40)45-15-3-6-21-52(45)60(53)54-23-11-20-49-47-17-5-8-25-56(47)62-58(49)54/h1-36H. The zero-order chi connectivity index (χ0) is 40.7. The topological polar surface area (TPSA) is 34.5 Å². The molecule has 4 nitrogen and oxygen atoms in total. The van der Waals surface area contributed by atoms with Gasteiger partial charge in [-0.1, -0.05) is 152 Å². The number of hydrogen-bond acceptors (Lipinski definition) is 3. The lowest BCUT2D eigenvalue weighted by molar-refractivity contribution is 0.666. The molecule has 0 aliphatic carbocycles. The third kappa shape index (κ3) is 5.27. The zero-order valence-corrected chi connectivity index (χ0v) is 33.5. The zero-order valence-electron chi connectivity index (χ0n) is 33.5. The Morgan fingerprint density at radius 1 is 0.339 bits per heavy atom. The first-order chi connectivity index (χ1) is 30.7. The molecular weight excluding hydrogens is 757 g/mol. The molecule has 290 valence electrons. The molecule has 0 spiro atoms. The van der Waals surface area contributed by atoms with Crippen LogP contribution in [0, 0.1) is 0 Å². The van der Waals surface area contributed by atoms with Crippen LogP contribution in [0.2, 0.25) is 0 Å². The second-order valence-corrected chi connectivity index (χ2v) is 16.0. The van der Waals surface area contributed by atoms with Gasteiger partial charge in [0.05, 0.1) is 22.4 Å². The first kappa shape index (κ1) is 34.5. The molecule has 3 aromatic heterocycles. The van der Waals surface area contributed by atoms with Gasteiger partial charge < -0.3 is 18.3 Å². The van der Waals surface area contributed by atoms with E-state index in [0.717, 1.165) is 99.9 Å². The Morgan fingerprint density at radius 3 is 1.63 bits per heavy atom. The molecule has 3 heterocycles. The highest BCUT2D eigenvalue weighted by atomic mass is 16.3. The summed E-state index contributed by atoms with van der Waals surface area (Å²) in [4.78, 5) is 2.37. The fourth-order valence-corrected chi connectivity index (χ4v) is 9.72. The maximum atomic E-state index is 6.54. The molecule has 0 unspecified atom stereocenters. The van der Waals surface area contributed by atoms with Crippen molar-refractivity contribution in [3.8, 4) is 27.9 Å². The van der Waals surface area contributed by atoms with E-state index in [4.69, 9.17) is 8.83 Å². The molecule has 0 saturated heterocycles. The number of rotatable bonds is 6. The number of fused-ring (bicyclic) bond motifs is 10. The van der Waals surface area contributed by atoms with Crippen molar-refractivity contribution in [2.45, 2.75) is 0 Å². The summed E-state index contributed by atoms with van der Waals surface area (Å²) in [5.41, 5.74) is 14.7. The van der Waals surface area contributed by atoms with Gasteiger partial charge in [-0.25, -0.2) is 0 Å². The van der Waals surface area contributed by atoms with Crippen LogP contribution in [0.4, 0.5) is 17.1 Å². The molecule has 13 aromatic rings. The Morgan fingerprint density at radius 2 is 0.871 bits per heavy atom. The van der Waals surface area contributed by atoms with Crippen molar-refractivity contribution in [2.75, 3.05) is 4.90 Å². The van der Waals surface area contributed by atoms with E-state index >= 15 is 0 Å². The van der Waals surface area contributed by atoms with E-state index in [1.807, 2.05) is 24.3 Å². The van der Waals surface area contributed by atoms with Gasteiger partial charge in [0.25, 0.3) is 0 Å². The van der Waals surface area contributed by atoms with Crippen LogP contribution in [0.25, 0.3) is 104 Å². The van der Waals surface area contributed by atoms with Crippen LogP contribution in [0.1, 0.15) is 0 Å². The summed E-state index contributed by atoms with van der Waals surface area (Å²) in [6.45, 7) is 0. The van der Waals surface area contributed by atoms with E-state index in [0.29, 0.717) is 0 Å². The van der Waals surface area contributed by atoms with Gasteiger partial charge in [-0.2, -0.15) is 0 Å². The first-order valence-electron chi connectivity index (χ1n) is 21.1. The number of benzene rings is 10. The highest BCUT2D eigenvalue weighted by Gasteiger charge is 2.20. The monoisotopic (exact) mass is 792 g/mol. The van der Waals surface area contributed by atoms with Crippen molar-refractivity contribution < 1.29 is 8.83 Å². The number of para-hydroxylation sites is 5. The Labute approximate surface area is 356 Å². The van der Waals surface area contributed by atoms with Gasteiger partial charge in [-0.05, 0) is 88.8 Å². The van der Waals surface area contributed by atoms with Crippen molar-refractivity contribution in [2.24, 2.45) is 0 Å². The minimum Gasteiger partial charge on any atom is -0.455 e. The number of anilines is 3. The van der Waals surface area contributed by atoms with Crippen molar-refractivity contribution in [1.29, 1.82) is 0 Å². The van der Waals surface area contributed by atoms with Gasteiger partial charge >= 0.3 is 0 Å². The van der Waals surface area contributed by atoms with Crippen LogP contribution in [0.3, 0.4) is 0 Å². The molecule has 0 aliphatic heterocycles. The highest BCUT2D eigenvalue weighted by Crippen LogP contribution is 2.43. The second kappa shape index (κ2) is 13.6. The SMILES string of the molecule is c1ccc2c(N(c3ccc(-c4ccc5c(c4)c4ccccc4n5-c4cccc5c4oc4ccccc45)cc3)c3ccc(-c4cccc5c4oc4ccccc45)cc3)cccc2c1. The van der Waals surface area contributed by atoms with Gasteiger partial charge in [-0.15, -0.1) is 0 Å². The van der Waals surface area contributed by atoms with Gasteiger partial charge in [-0.3, -0.25) is 0 Å². The Hall–Kier alpha value is -8.34. The summed E-state index contributed by atoms with van der Waals surface area (Å²) in [5, 5.41) is 9.31. The number of nitrogens with zero attached hydrogens (tertiary/aromatic N) is 2. The predicted molar refractivity (Wildman–Crippen MR) is 258 cm³/mol. The fraction of sp³-hybridized carbons (Fsp3) is 0. The Bertz CT molecular complexity index is 3860. The van der Waals surface area contributed by atoms with E-state index in [1.54, 1.807) is 0 Å². The van der Waals surface area contributed by atoms with Crippen LogP contribution < -0.4 is 4.90 Å². The van der Waals surface area contributed by atoms with E-state index in [9.17, 15) is 0 Å². The quantitative estimate of drug-likeness (QED) is 0.168. The lowest BCUT2D eigenvalue weighted by Crippen LogP contribution is -2.10. The average molecular weight is 793 g/mol. The van der Waals surface area contributed by atoms with Crippen LogP contribution >= 0.6 is 0 Å². The molecule has 0 amide bonds. The smallest absolute Gasteiger partial charge is 0.159 e. The van der Waals surface area contributed by atoms with Crippen LogP contribution in [0.5, 0.6) is 0 Å². The maximum Gasteiger partial charge on any atom is 0.159 e. The Kier molecular flexibility index (Phi) is 7.57. The number of aromatic nitrogens is 1. The van der Waals surface area contributed by atoms with E-state index in [1.165, 1.54) is 21.5 Å². The third-order valence-electron chi connectivity index (χ3n) is 12.6. The van der Waals surface area contributed by atoms with E-state index < -0.39 is 0 Å². The second-order valence-electron chi connectivity index (χ2n) is 16.0. The Balaban J connectivity index is 0.911. The number of hydrogen-bond donors (Lipinski definition) is 0. The minimum absolute atomic E-state index is 0.893. The van der Waals surface area contributed by atoms with E-state index in [2.05, 4.69) is 204 Å². The van der Waals surface area contributed by atoms with Crippen LogP contribution in [-0.2, 0) is 0 Å². The molecule has 0 N–H and O–H groups in total. The third-order valence-corrected chi connectivity index (χ3v) is 12.6. The molecule has 62 heavy (non-hydrogen) atoms. The largest absolute Gasteiger partial charge is 0.455 e. The molecule has 0 bridgehead atoms. The molecule has 0 aliphatic rings. The van der Waals surface area contributed by atoms with Gasteiger partial charge in [0.1, 0.15) is 16.7 Å². The summed E-state index contributed by atoms with van der Waals surface area (Å²) < 4.78 is 15.3. The van der Waals surface area contributed by atoms with E-state index in [-0.39, 0.29) is 0 Å². The highest BCUT2D eigenvalue weighted by molar-refractivity contribution is 6.14. The lowest BCUT2D eigenvalue weighted by Gasteiger charge is -2.27. The van der Waals surface area contributed by atoms with Crippen molar-refractivity contribution in [3.63, 3.8) is 0 Å². The van der Waals surface area contributed by atoms with Crippen LogP contribution in [-0.4, -0.2) is 4.57 Å². The molecule has 0 radical (unpaired) electrons. The molecule has 4 heteroatoms. The molecule has 0 fully saturated rings. The number of furan rings is 2. The molecule has 10 aromatic carbocycles. The normalized spacial score (nSPS) is 11.9. The van der Waals surface area contributed by atoms with Gasteiger partial charge in [0, 0.05) is 54.6 Å². The molecule has 0 atom stereocenters. The first-order valence-corrected chi connectivity index (χ1v) is 21.1. The fourth-order valence-electron chi connectivity index (χ4n) is 9.72. The maximum absolute atomic E-state index is 6.54. The average Bonchev–Trinajstić information content (AvgIpc) is 4.02. The minimum atomic E-state index is 0.893. The summed E-state index contributed by atoms with van der Waals surface area (Å²) in [7, 11) is 0. The summed E-state index contributed by atoms with van der Waals surface area (Å²) in [6.07, 6.45) is 0. The summed E-state index contributed by atoms with van der Waals surface area (Å²) in [5.74, 6) is 0.